The Bertz CT molecular complexity index is 1230. The first-order chi connectivity index (χ1) is 17.3. The predicted molar refractivity (Wildman–Crippen MR) is 135 cm³/mol. The molecule has 0 atom stereocenters. The number of carbonyl (C=O) groups excluding carboxylic acids is 1. The van der Waals surface area contributed by atoms with Crippen LogP contribution in [0.3, 0.4) is 0 Å². The van der Waals surface area contributed by atoms with Crippen LogP contribution in [0.5, 0.6) is 0 Å². The molecule has 1 saturated heterocycles. The predicted octanol–water partition coefficient (Wildman–Crippen LogP) is 3.85. The number of hydrogen-bond acceptors (Lipinski definition) is 6. The zero-order valence-electron chi connectivity index (χ0n) is 21.1. The number of halogens is 2. The van der Waals surface area contributed by atoms with E-state index in [1.165, 1.54) is 0 Å². The van der Waals surface area contributed by atoms with Crippen LogP contribution in [0.1, 0.15) is 38.1 Å². The van der Waals surface area contributed by atoms with Crippen molar-refractivity contribution in [3.63, 3.8) is 0 Å². The molecule has 0 bridgehead atoms. The number of piperidine rings is 1. The summed E-state index contributed by atoms with van der Waals surface area (Å²) >= 11 is 0. The highest BCUT2D eigenvalue weighted by Crippen LogP contribution is 2.31. The fourth-order valence-corrected chi connectivity index (χ4v) is 5.40. The minimum absolute atomic E-state index is 0.0603. The lowest BCUT2D eigenvalue weighted by atomic mass is 9.86. The molecule has 2 aliphatic rings. The molecule has 0 N–H and O–H groups in total. The van der Waals surface area contributed by atoms with Crippen molar-refractivity contribution in [1.29, 1.82) is 0 Å². The van der Waals surface area contributed by atoms with Crippen molar-refractivity contribution in [1.82, 2.24) is 29.8 Å². The molecule has 4 heterocycles. The number of likely N-dealkylation sites (tertiary alicyclic amines) is 1. The number of carbonyl (C=O) groups is 1. The number of ketones is 1. The molecule has 5 rings (SSSR count). The van der Waals surface area contributed by atoms with Crippen LogP contribution in [0, 0.1) is 5.92 Å². The molecule has 192 valence electrons. The molecule has 3 aromatic rings. The minimum atomic E-state index is -1.80. The van der Waals surface area contributed by atoms with E-state index >= 15 is 4.39 Å². The van der Waals surface area contributed by atoms with Crippen LogP contribution in [0.4, 0.5) is 8.78 Å². The SMILES string of the molecule is CC(C)CN1CCC(F)(C(=O)Cc2cc3cc(-c4cnn5c4CN(CCF)CC5)ccc3nn2)CC1. The van der Waals surface area contributed by atoms with Gasteiger partial charge in [0.25, 0.3) is 0 Å². The summed E-state index contributed by atoms with van der Waals surface area (Å²) in [5, 5.41) is 13.9. The van der Waals surface area contributed by atoms with E-state index in [1.807, 2.05) is 35.1 Å². The molecule has 7 nitrogen and oxygen atoms in total. The lowest BCUT2D eigenvalue weighted by Crippen LogP contribution is -2.47. The molecule has 0 saturated carbocycles. The summed E-state index contributed by atoms with van der Waals surface area (Å²) in [5.41, 5.74) is 2.45. The summed E-state index contributed by atoms with van der Waals surface area (Å²) in [6, 6.07) is 7.73. The fraction of sp³-hybridized carbons (Fsp3) is 0.556. The highest BCUT2D eigenvalue weighted by atomic mass is 19.1. The average Bonchev–Trinajstić information content (AvgIpc) is 3.28. The van der Waals surface area contributed by atoms with E-state index in [0.717, 1.165) is 41.8 Å². The highest BCUT2D eigenvalue weighted by molar-refractivity contribution is 5.90. The van der Waals surface area contributed by atoms with E-state index in [4.69, 9.17) is 0 Å². The standard InChI is InChI=1S/C27H34F2N6O/c1-19(2)17-33-8-5-27(29,6-9-33)26(36)15-22-14-21-13-20(3-4-24(21)32-31-22)23-16-30-35-12-11-34(10-7-28)18-25(23)35/h3-4,13-14,16,19H,5-12,15,17-18H2,1-2H3. The second kappa shape index (κ2) is 10.3. The number of nitrogens with zero attached hydrogens (tertiary/aromatic N) is 6. The summed E-state index contributed by atoms with van der Waals surface area (Å²) < 4.78 is 30.4. The summed E-state index contributed by atoms with van der Waals surface area (Å²) in [6.07, 6.45) is 2.26. The highest BCUT2D eigenvalue weighted by Gasteiger charge is 2.41. The third-order valence-electron chi connectivity index (χ3n) is 7.41. The summed E-state index contributed by atoms with van der Waals surface area (Å²) in [4.78, 5) is 17.3. The van der Waals surface area contributed by atoms with Gasteiger partial charge < -0.3 is 4.90 Å². The third kappa shape index (κ3) is 5.18. The molecule has 0 spiro atoms. The van der Waals surface area contributed by atoms with Crippen molar-refractivity contribution < 1.29 is 13.6 Å². The summed E-state index contributed by atoms with van der Waals surface area (Å²) in [5.74, 6) is 0.114. The molecule has 36 heavy (non-hydrogen) atoms. The molecule has 1 aromatic carbocycles. The van der Waals surface area contributed by atoms with Gasteiger partial charge in [0.2, 0.25) is 0 Å². The zero-order chi connectivity index (χ0) is 25.3. The molecule has 2 aromatic heterocycles. The van der Waals surface area contributed by atoms with Crippen molar-refractivity contribution in [2.45, 2.75) is 51.9 Å². The van der Waals surface area contributed by atoms with Gasteiger partial charge in [-0.1, -0.05) is 19.9 Å². The number of Topliss-reactive ketones (excluding diaryl/α,β-unsaturated/α-hetero) is 1. The van der Waals surface area contributed by atoms with Gasteiger partial charge in [-0.2, -0.15) is 15.3 Å². The maximum absolute atomic E-state index is 15.5. The first kappa shape index (κ1) is 24.9. The second-order valence-electron chi connectivity index (χ2n) is 10.6. The molecular weight excluding hydrogens is 462 g/mol. The first-order valence-electron chi connectivity index (χ1n) is 12.9. The van der Waals surface area contributed by atoms with Gasteiger partial charge in [-0.15, -0.1) is 0 Å². The number of benzene rings is 1. The normalized spacial score (nSPS) is 18.6. The fourth-order valence-electron chi connectivity index (χ4n) is 5.40. The molecule has 2 aliphatic heterocycles. The summed E-state index contributed by atoms with van der Waals surface area (Å²) in [6.45, 7) is 8.66. The summed E-state index contributed by atoms with van der Waals surface area (Å²) in [7, 11) is 0. The van der Waals surface area contributed by atoms with Crippen molar-refractivity contribution >= 4 is 16.7 Å². The number of fused-ring (bicyclic) bond motifs is 2. The molecule has 9 heteroatoms. The van der Waals surface area contributed by atoms with Crippen LogP contribution in [-0.4, -0.2) is 80.6 Å². The maximum Gasteiger partial charge on any atom is 0.176 e. The molecule has 0 unspecified atom stereocenters. The van der Waals surface area contributed by atoms with Gasteiger partial charge in [-0.25, -0.2) is 8.78 Å². The Kier molecular flexibility index (Phi) is 7.12. The molecule has 0 radical (unpaired) electrons. The smallest absolute Gasteiger partial charge is 0.176 e. The third-order valence-corrected chi connectivity index (χ3v) is 7.41. The Morgan fingerprint density at radius 2 is 1.89 bits per heavy atom. The Balaban J connectivity index is 1.33. The number of aromatic nitrogens is 4. The van der Waals surface area contributed by atoms with Gasteiger partial charge in [0, 0.05) is 63.1 Å². The van der Waals surface area contributed by atoms with E-state index in [1.54, 1.807) is 0 Å². The number of alkyl halides is 2. The van der Waals surface area contributed by atoms with E-state index in [-0.39, 0.29) is 25.9 Å². The number of hydrogen-bond donors (Lipinski definition) is 0. The second-order valence-corrected chi connectivity index (χ2v) is 10.6. The van der Waals surface area contributed by atoms with Crippen LogP contribution in [0.15, 0.2) is 30.5 Å². The van der Waals surface area contributed by atoms with Gasteiger partial charge >= 0.3 is 0 Å². The Morgan fingerprint density at radius 1 is 1.08 bits per heavy atom. The Hall–Kier alpha value is -2.78. The topological polar surface area (TPSA) is 67.2 Å². The van der Waals surface area contributed by atoms with Crippen LogP contribution in [0.25, 0.3) is 22.0 Å². The monoisotopic (exact) mass is 496 g/mol. The van der Waals surface area contributed by atoms with Gasteiger partial charge in [0.05, 0.1) is 36.1 Å². The van der Waals surface area contributed by atoms with Crippen molar-refractivity contribution in [3.8, 4) is 11.1 Å². The molecule has 0 amide bonds. The van der Waals surface area contributed by atoms with Crippen LogP contribution in [-0.2, 0) is 24.3 Å². The average molecular weight is 497 g/mol. The lowest BCUT2D eigenvalue weighted by molar-refractivity contribution is -0.133. The van der Waals surface area contributed by atoms with Crippen molar-refractivity contribution in [2.75, 3.05) is 39.4 Å². The van der Waals surface area contributed by atoms with Gasteiger partial charge in [0.1, 0.15) is 6.67 Å². The largest absolute Gasteiger partial charge is 0.303 e. The van der Waals surface area contributed by atoms with Crippen LogP contribution < -0.4 is 0 Å². The van der Waals surface area contributed by atoms with Crippen LogP contribution >= 0.6 is 0 Å². The first-order valence-corrected chi connectivity index (χ1v) is 12.9. The molecule has 0 aliphatic carbocycles. The minimum Gasteiger partial charge on any atom is -0.303 e. The molecular formula is C27H34F2N6O. The van der Waals surface area contributed by atoms with Crippen molar-refractivity contribution in [3.05, 3.63) is 41.9 Å². The lowest BCUT2D eigenvalue weighted by Gasteiger charge is -2.36. The van der Waals surface area contributed by atoms with E-state index in [9.17, 15) is 9.18 Å². The Morgan fingerprint density at radius 3 is 2.64 bits per heavy atom. The maximum atomic E-state index is 15.5. The molecule has 1 fully saturated rings. The zero-order valence-corrected chi connectivity index (χ0v) is 21.1. The van der Waals surface area contributed by atoms with Gasteiger partial charge in [-0.05, 0) is 29.7 Å². The van der Waals surface area contributed by atoms with Crippen molar-refractivity contribution in [2.24, 2.45) is 5.92 Å². The van der Waals surface area contributed by atoms with E-state index in [0.29, 0.717) is 43.3 Å². The van der Waals surface area contributed by atoms with Crippen LogP contribution in [0.2, 0.25) is 0 Å². The van der Waals surface area contributed by atoms with E-state index in [2.05, 4.69) is 38.9 Å². The quantitative estimate of drug-likeness (QED) is 0.472. The number of rotatable bonds is 8. The van der Waals surface area contributed by atoms with Gasteiger partial charge in [-0.3, -0.25) is 14.4 Å². The Labute approximate surface area is 210 Å². The van der Waals surface area contributed by atoms with Gasteiger partial charge in [0.15, 0.2) is 11.5 Å². The van der Waals surface area contributed by atoms with E-state index < -0.39 is 11.5 Å².